The van der Waals surface area contributed by atoms with Crippen LogP contribution < -0.4 is 10.6 Å². The van der Waals surface area contributed by atoms with Crippen molar-refractivity contribution < 1.29 is 22.8 Å². The highest BCUT2D eigenvalue weighted by Crippen LogP contribution is 2.29. The lowest BCUT2D eigenvalue weighted by atomic mass is 10.2. The van der Waals surface area contributed by atoms with Gasteiger partial charge in [-0.05, 0) is 42.8 Å². The van der Waals surface area contributed by atoms with Crippen molar-refractivity contribution in [2.45, 2.75) is 31.0 Å². The van der Waals surface area contributed by atoms with Gasteiger partial charge in [0, 0.05) is 24.8 Å². The zero-order valence-electron chi connectivity index (χ0n) is 14.3. The number of nitrogens with one attached hydrogen (secondary N) is 2. The van der Waals surface area contributed by atoms with Crippen molar-refractivity contribution in [1.29, 1.82) is 0 Å². The number of anilines is 2. The van der Waals surface area contributed by atoms with Crippen molar-refractivity contribution in [3.05, 3.63) is 42.0 Å². The van der Waals surface area contributed by atoms with Crippen LogP contribution >= 0.6 is 11.8 Å². The Bertz CT molecular complexity index is 780. The van der Waals surface area contributed by atoms with Crippen molar-refractivity contribution in [3.63, 3.8) is 0 Å². The first-order chi connectivity index (χ1) is 12.7. The number of hydrogen-bond acceptors (Lipinski definition) is 5. The lowest BCUT2D eigenvalue weighted by molar-refractivity contribution is -0.137. The molecule has 0 aliphatic heterocycles. The zero-order valence-corrected chi connectivity index (χ0v) is 15.2. The fourth-order valence-electron chi connectivity index (χ4n) is 2.02. The molecule has 1 aromatic carbocycles. The van der Waals surface area contributed by atoms with E-state index in [1.807, 2.05) is 0 Å². The Morgan fingerprint density at radius 1 is 1.04 bits per heavy atom. The number of carbonyl (C=O) groups is 2. The van der Waals surface area contributed by atoms with Crippen LogP contribution in [0.15, 0.2) is 41.4 Å². The maximum Gasteiger partial charge on any atom is 0.416 e. The van der Waals surface area contributed by atoms with Gasteiger partial charge in [0.05, 0.1) is 5.56 Å². The van der Waals surface area contributed by atoms with Crippen LogP contribution in [0.4, 0.5) is 24.7 Å². The van der Waals surface area contributed by atoms with E-state index in [0.717, 1.165) is 12.1 Å². The van der Waals surface area contributed by atoms with Gasteiger partial charge in [0.1, 0.15) is 5.03 Å². The monoisotopic (exact) mass is 398 g/mol. The van der Waals surface area contributed by atoms with E-state index >= 15 is 0 Å². The number of aromatic nitrogens is 2. The summed E-state index contributed by atoms with van der Waals surface area (Å²) in [5, 5.41) is 13.5. The highest BCUT2D eigenvalue weighted by Gasteiger charge is 2.29. The SMILES string of the molecule is CC(=O)Nc1ccc(SCCCC(=O)Nc2ccc(C(F)(F)F)cc2)nn1. The molecule has 0 spiro atoms. The van der Waals surface area contributed by atoms with Gasteiger partial charge in [-0.15, -0.1) is 22.0 Å². The molecule has 0 saturated heterocycles. The minimum Gasteiger partial charge on any atom is -0.326 e. The van der Waals surface area contributed by atoms with E-state index in [4.69, 9.17) is 0 Å². The Hall–Kier alpha value is -2.62. The Morgan fingerprint density at radius 3 is 2.30 bits per heavy atom. The zero-order chi connectivity index (χ0) is 19.9. The van der Waals surface area contributed by atoms with Gasteiger partial charge in [-0.25, -0.2) is 0 Å². The van der Waals surface area contributed by atoms with Crippen LogP contribution in [0.2, 0.25) is 0 Å². The predicted octanol–water partition coefficient (Wildman–Crippen LogP) is 3.96. The fraction of sp³-hybridized carbons (Fsp3) is 0.294. The Balaban J connectivity index is 1.71. The van der Waals surface area contributed by atoms with Gasteiger partial charge in [-0.1, -0.05) is 0 Å². The van der Waals surface area contributed by atoms with Gasteiger partial charge in [0.2, 0.25) is 11.8 Å². The molecule has 0 aliphatic carbocycles. The second-order valence-electron chi connectivity index (χ2n) is 5.51. The third-order valence-corrected chi connectivity index (χ3v) is 4.24. The van der Waals surface area contributed by atoms with Gasteiger partial charge < -0.3 is 10.6 Å². The normalized spacial score (nSPS) is 11.1. The van der Waals surface area contributed by atoms with E-state index in [1.54, 1.807) is 12.1 Å². The highest BCUT2D eigenvalue weighted by atomic mass is 32.2. The molecule has 0 fully saturated rings. The van der Waals surface area contributed by atoms with Crippen LogP contribution in [-0.2, 0) is 15.8 Å². The average molecular weight is 398 g/mol. The molecule has 1 heterocycles. The predicted molar refractivity (Wildman–Crippen MR) is 96.4 cm³/mol. The van der Waals surface area contributed by atoms with Gasteiger partial charge >= 0.3 is 6.18 Å². The van der Waals surface area contributed by atoms with Crippen molar-refractivity contribution in [3.8, 4) is 0 Å². The van der Waals surface area contributed by atoms with Crippen LogP contribution in [0, 0.1) is 0 Å². The molecule has 144 valence electrons. The number of halogens is 3. The summed E-state index contributed by atoms with van der Waals surface area (Å²) in [5.41, 5.74) is -0.442. The summed E-state index contributed by atoms with van der Waals surface area (Å²) in [5.74, 6) is 0.475. The van der Waals surface area contributed by atoms with Crippen LogP contribution in [0.3, 0.4) is 0 Å². The molecular formula is C17H17F3N4O2S. The molecule has 2 rings (SSSR count). The number of thioether (sulfide) groups is 1. The molecule has 2 aromatic rings. The maximum atomic E-state index is 12.5. The third kappa shape index (κ3) is 7.26. The van der Waals surface area contributed by atoms with Gasteiger partial charge in [0.15, 0.2) is 5.82 Å². The summed E-state index contributed by atoms with van der Waals surface area (Å²) in [6.07, 6.45) is -3.61. The highest BCUT2D eigenvalue weighted by molar-refractivity contribution is 7.99. The van der Waals surface area contributed by atoms with Crippen molar-refractivity contribution in [1.82, 2.24) is 10.2 Å². The smallest absolute Gasteiger partial charge is 0.326 e. The van der Waals surface area contributed by atoms with Crippen LogP contribution in [-0.4, -0.2) is 27.8 Å². The van der Waals surface area contributed by atoms with Crippen molar-refractivity contribution in [2.75, 3.05) is 16.4 Å². The van der Waals surface area contributed by atoms with E-state index in [9.17, 15) is 22.8 Å². The summed E-state index contributed by atoms with van der Waals surface area (Å²) in [7, 11) is 0. The van der Waals surface area contributed by atoms with E-state index in [2.05, 4.69) is 20.8 Å². The van der Waals surface area contributed by atoms with Gasteiger partial charge in [-0.3, -0.25) is 9.59 Å². The van der Waals surface area contributed by atoms with Crippen LogP contribution in [0.1, 0.15) is 25.3 Å². The van der Waals surface area contributed by atoms with Crippen LogP contribution in [0.5, 0.6) is 0 Å². The molecule has 0 atom stereocenters. The number of amides is 2. The Morgan fingerprint density at radius 2 is 1.74 bits per heavy atom. The number of nitrogens with zero attached hydrogens (tertiary/aromatic N) is 2. The lowest BCUT2D eigenvalue weighted by Crippen LogP contribution is -2.12. The first-order valence-electron chi connectivity index (χ1n) is 7.95. The molecule has 0 aliphatic rings. The van der Waals surface area contributed by atoms with Gasteiger partial charge in [0.25, 0.3) is 0 Å². The molecule has 1 aromatic heterocycles. The first kappa shape index (κ1) is 20.7. The Kier molecular flexibility index (Phi) is 7.17. The number of alkyl halides is 3. The van der Waals surface area contributed by atoms with Crippen molar-refractivity contribution >= 4 is 35.1 Å². The Labute approximate surface area is 157 Å². The lowest BCUT2D eigenvalue weighted by Gasteiger charge is -2.08. The second-order valence-corrected chi connectivity index (χ2v) is 6.63. The first-order valence-corrected chi connectivity index (χ1v) is 8.94. The van der Waals surface area contributed by atoms with E-state index in [1.165, 1.54) is 30.8 Å². The molecular weight excluding hydrogens is 381 g/mol. The summed E-state index contributed by atoms with van der Waals surface area (Å²) >= 11 is 1.41. The largest absolute Gasteiger partial charge is 0.416 e. The summed E-state index contributed by atoms with van der Waals surface area (Å²) < 4.78 is 37.5. The number of benzene rings is 1. The van der Waals surface area contributed by atoms with E-state index < -0.39 is 11.7 Å². The fourth-order valence-corrected chi connectivity index (χ4v) is 2.78. The molecule has 0 bridgehead atoms. The molecule has 2 amide bonds. The molecule has 0 radical (unpaired) electrons. The summed E-state index contributed by atoms with van der Waals surface area (Å²) in [6.45, 7) is 1.38. The molecule has 2 N–H and O–H groups in total. The van der Waals surface area contributed by atoms with E-state index in [-0.39, 0.29) is 18.2 Å². The summed E-state index contributed by atoms with van der Waals surface area (Å²) in [6, 6.07) is 7.65. The van der Waals surface area contributed by atoms with E-state index in [0.29, 0.717) is 28.7 Å². The molecule has 0 saturated carbocycles. The average Bonchev–Trinajstić information content (AvgIpc) is 2.59. The summed E-state index contributed by atoms with van der Waals surface area (Å²) in [4.78, 5) is 22.7. The molecule has 6 nitrogen and oxygen atoms in total. The third-order valence-electron chi connectivity index (χ3n) is 3.24. The number of rotatable bonds is 7. The number of hydrogen-bond donors (Lipinski definition) is 2. The minimum atomic E-state index is -4.40. The molecule has 27 heavy (non-hydrogen) atoms. The van der Waals surface area contributed by atoms with Crippen LogP contribution in [0.25, 0.3) is 0 Å². The quantitative estimate of drug-likeness (QED) is 0.545. The van der Waals surface area contributed by atoms with Crippen molar-refractivity contribution in [2.24, 2.45) is 0 Å². The standard InChI is InChI=1S/C17H17F3N4O2S/c1-11(25)21-14-8-9-16(24-23-14)27-10-2-3-15(26)22-13-6-4-12(5-7-13)17(18,19)20/h4-9H,2-3,10H2,1H3,(H,22,26)(H,21,23,25). The topological polar surface area (TPSA) is 84.0 Å². The minimum absolute atomic E-state index is 0.228. The molecule has 10 heteroatoms. The second kappa shape index (κ2) is 9.36. The number of carbonyl (C=O) groups excluding carboxylic acids is 2. The maximum absolute atomic E-state index is 12.5. The molecule has 0 unspecified atom stereocenters. The van der Waals surface area contributed by atoms with Gasteiger partial charge in [-0.2, -0.15) is 13.2 Å².